The van der Waals surface area contributed by atoms with Crippen LogP contribution >= 0.6 is 27.5 Å². The average Bonchev–Trinajstić information content (AvgIpc) is 3.42. The van der Waals surface area contributed by atoms with Crippen LogP contribution in [-0.2, 0) is 10.0 Å². The average molecular weight is 473 g/mol. The lowest BCUT2D eigenvalue weighted by Gasteiger charge is -2.11. The maximum absolute atomic E-state index is 12.4. The van der Waals surface area contributed by atoms with Crippen LogP contribution in [0.2, 0.25) is 5.02 Å². The Bertz CT molecular complexity index is 1010. The molecule has 0 bridgehead atoms. The summed E-state index contributed by atoms with van der Waals surface area (Å²) >= 11 is 9.05. The number of rotatable bonds is 5. The lowest BCUT2D eigenvalue weighted by atomic mass is 10.2. The molecule has 2 amide bonds. The van der Waals surface area contributed by atoms with E-state index in [1.165, 1.54) is 24.3 Å². The summed E-state index contributed by atoms with van der Waals surface area (Å²) in [7, 11) is -3.70. The first kappa shape index (κ1) is 19.8. The fourth-order valence-corrected chi connectivity index (χ4v) is 4.16. The van der Waals surface area contributed by atoms with Crippen LogP contribution < -0.4 is 15.6 Å². The molecule has 1 saturated carbocycles. The first-order chi connectivity index (χ1) is 12.8. The van der Waals surface area contributed by atoms with Crippen LogP contribution in [-0.4, -0.2) is 26.3 Å². The zero-order chi connectivity index (χ0) is 19.6. The number of hydrogen-bond donors (Lipinski definition) is 3. The summed E-state index contributed by atoms with van der Waals surface area (Å²) in [5, 5.41) is 0.387. The van der Waals surface area contributed by atoms with Gasteiger partial charge in [0, 0.05) is 21.1 Å². The maximum atomic E-state index is 12.4. The molecule has 0 radical (unpaired) electrons. The van der Waals surface area contributed by atoms with Gasteiger partial charge < -0.3 is 0 Å². The summed E-state index contributed by atoms with van der Waals surface area (Å²) in [5.41, 5.74) is 4.87. The number of carbonyl (C=O) groups excluding carboxylic acids is 2. The van der Waals surface area contributed by atoms with E-state index in [0.717, 1.165) is 12.8 Å². The molecule has 0 unspecified atom stereocenters. The molecule has 7 nitrogen and oxygen atoms in total. The number of hydrogen-bond acceptors (Lipinski definition) is 4. The molecule has 0 atom stereocenters. The van der Waals surface area contributed by atoms with E-state index >= 15 is 0 Å². The minimum absolute atomic E-state index is 0.0242. The fraction of sp³-hybridized carbons (Fsp3) is 0.176. The minimum atomic E-state index is -3.70. The molecule has 0 spiro atoms. The van der Waals surface area contributed by atoms with Crippen molar-refractivity contribution >= 4 is 49.4 Å². The zero-order valence-corrected chi connectivity index (χ0v) is 17.0. The van der Waals surface area contributed by atoms with Gasteiger partial charge in [-0.15, -0.1) is 0 Å². The third-order valence-corrected chi connectivity index (χ3v) is 6.21. The second kappa shape index (κ2) is 7.97. The summed E-state index contributed by atoms with van der Waals surface area (Å²) < 4.78 is 27.6. The van der Waals surface area contributed by atoms with Crippen LogP contribution in [0.15, 0.2) is 51.8 Å². The molecular formula is C17H15BrClN3O4S. The summed E-state index contributed by atoms with van der Waals surface area (Å²) in [6, 6.07) is 10.3. The lowest BCUT2D eigenvalue weighted by molar-refractivity contribution is 0.0846. The first-order valence-electron chi connectivity index (χ1n) is 7.94. The van der Waals surface area contributed by atoms with Gasteiger partial charge in [-0.1, -0.05) is 17.7 Å². The van der Waals surface area contributed by atoms with Crippen molar-refractivity contribution in [1.29, 1.82) is 0 Å². The van der Waals surface area contributed by atoms with Crippen LogP contribution in [0.5, 0.6) is 0 Å². The lowest BCUT2D eigenvalue weighted by Crippen LogP contribution is -2.41. The topological polar surface area (TPSA) is 104 Å². The fourth-order valence-electron chi connectivity index (χ4n) is 2.22. The molecule has 2 aromatic carbocycles. The monoisotopic (exact) mass is 471 g/mol. The molecule has 3 N–H and O–H groups in total. The number of carbonyl (C=O) groups is 2. The van der Waals surface area contributed by atoms with E-state index in [9.17, 15) is 18.0 Å². The predicted molar refractivity (Wildman–Crippen MR) is 104 cm³/mol. The number of sulfonamides is 1. The van der Waals surface area contributed by atoms with E-state index in [2.05, 4.69) is 31.5 Å². The minimum Gasteiger partial charge on any atom is -0.267 e. The number of hydrazine groups is 1. The molecule has 2 aromatic rings. The molecule has 0 heterocycles. The highest BCUT2D eigenvalue weighted by Crippen LogP contribution is 2.25. The van der Waals surface area contributed by atoms with Crippen LogP contribution in [0, 0.1) is 0 Å². The highest BCUT2D eigenvalue weighted by molar-refractivity contribution is 9.10. The van der Waals surface area contributed by atoms with Crippen molar-refractivity contribution in [2.75, 3.05) is 0 Å². The summed E-state index contributed by atoms with van der Waals surface area (Å²) in [5.74, 6) is -1.22. The molecular weight excluding hydrogens is 458 g/mol. The Labute approximate surface area is 169 Å². The highest BCUT2D eigenvalue weighted by atomic mass is 79.9. The zero-order valence-electron chi connectivity index (χ0n) is 13.8. The second-order valence-corrected chi connectivity index (χ2v) is 8.96. The quantitative estimate of drug-likeness (QED) is 0.582. The van der Waals surface area contributed by atoms with Crippen LogP contribution in [0.25, 0.3) is 0 Å². The van der Waals surface area contributed by atoms with Crippen molar-refractivity contribution in [2.24, 2.45) is 0 Å². The van der Waals surface area contributed by atoms with Crippen molar-refractivity contribution in [1.82, 2.24) is 15.6 Å². The number of nitrogens with one attached hydrogen (secondary N) is 3. The van der Waals surface area contributed by atoms with Gasteiger partial charge in [0.1, 0.15) is 0 Å². The van der Waals surface area contributed by atoms with E-state index in [0.29, 0.717) is 9.50 Å². The van der Waals surface area contributed by atoms with Gasteiger partial charge in [0.2, 0.25) is 10.0 Å². The molecule has 0 saturated heterocycles. The smallest absolute Gasteiger partial charge is 0.267 e. The molecule has 0 aliphatic heterocycles. The van der Waals surface area contributed by atoms with Crippen molar-refractivity contribution in [3.8, 4) is 0 Å². The highest BCUT2D eigenvalue weighted by Gasteiger charge is 2.28. The Balaban J connectivity index is 1.72. The molecule has 142 valence electrons. The van der Waals surface area contributed by atoms with Crippen molar-refractivity contribution < 1.29 is 18.0 Å². The van der Waals surface area contributed by atoms with Crippen LogP contribution in [0.3, 0.4) is 0 Å². The van der Waals surface area contributed by atoms with Gasteiger partial charge in [-0.25, -0.2) is 13.1 Å². The van der Waals surface area contributed by atoms with Gasteiger partial charge in [0.05, 0.1) is 10.5 Å². The van der Waals surface area contributed by atoms with Crippen molar-refractivity contribution in [3.05, 3.63) is 63.1 Å². The van der Waals surface area contributed by atoms with Crippen LogP contribution in [0.4, 0.5) is 0 Å². The molecule has 1 fully saturated rings. The molecule has 0 aromatic heterocycles. The molecule has 27 heavy (non-hydrogen) atoms. The first-order valence-corrected chi connectivity index (χ1v) is 10.6. The van der Waals surface area contributed by atoms with Gasteiger partial charge in [0.15, 0.2) is 0 Å². The SMILES string of the molecule is O=C(NNC(=O)c1cc(S(=O)(=O)NC2CC2)ccc1Br)c1cccc(Cl)c1. The molecule has 10 heteroatoms. The standard InChI is InChI=1S/C17H15BrClN3O4S/c18-15-7-6-13(27(25,26)22-12-4-5-12)9-14(15)17(24)21-20-16(23)10-2-1-3-11(19)8-10/h1-3,6-9,12,22H,4-5H2,(H,20,23)(H,21,24). The van der Waals surface area contributed by atoms with Gasteiger partial charge in [0.25, 0.3) is 11.8 Å². The molecule has 3 rings (SSSR count). The normalized spacial score (nSPS) is 13.9. The van der Waals surface area contributed by atoms with Gasteiger partial charge >= 0.3 is 0 Å². The van der Waals surface area contributed by atoms with Gasteiger partial charge in [-0.2, -0.15) is 0 Å². The largest absolute Gasteiger partial charge is 0.270 e. The summed E-state index contributed by atoms with van der Waals surface area (Å²) in [6.07, 6.45) is 1.61. The Morgan fingerprint density at radius 1 is 1.04 bits per heavy atom. The van der Waals surface area contributed by atoms with E-state index < -0.39 is 21.8 Å². The van der Waals surface area contributed by atoms with E-state index in [-0.39, 0.29) is 22.1 Å². The Morgan fingerprint density at radius 3 is 2.41 bits per heavy atom. The Morgan fingerprint density at radius 2 is 1.74 bits per heavy atom. The van der Waals surface area contributed by atoms with E-state index in [1.54, 1.807) is 18.2 Å². The van der Waals surface area contributed by atoms with Crippen molar-refractivity contribution in [3.63, 3.8) is 0 Å². The summed E-state index contributed by atoms with van der Waals surface area (Å²) in [6.45, 7) is 0. The van der Waals surface area contributed by atoms with Gasteiger partial charge in [-0.3, -0.25) is 20.4 Å². The predicted octanol–water partition coefficient (Wildman–Crippen LogP) is 2.62. The number of halogens is 2. The Kier molecular flexibility index (Phi) is 5.85. The third kappa shape index (κ3) is 5.07. The number of benzene rings is 2. The van der Waals surface area contributed by atoms with Crippen LogP contribution in [0.1, 0.15) is 33.6 Å². The maximum Gasteiger partial charge on any atom is 0.270 e. The van der Waals surface area contributed by atoms with E-state index in [1.807, 2.05) is 0 Å². The Hall–Kier alpha value is -1.94. The third-order valence-electron chi connectivity index (χ3n) is 3.77. The molecule has 1 aliphatic carbocycles. The van der Waals surface area contributed by atoms with Crippen molar-refractivity contribution in [2.45, 2.75) is 23.8 Å². The van der Waals surface area contributed by atoms with Gasteiger partial charge in [-0.05, 0) is 65.2 Å². The van der Waals surface area contributed by atoms with E-state index in [4.69, 9.17) is 11.6 Å². The number of amides is 2. The summed E-state index contributed by atoms with van der Waals surface area (Å²) in [4.78, 5) is 24.4. The molecule has 1 aliphatic rings. The second-order valence-electron chi connectivity index (χ2n) is 5.96.